The summed E-state index contributed by atoms with van der Waals surface area (Å²) in [6, 6.07) is 2.39. The van der Waals surface area contributed by atoms with Crippen molar-refractivity contribution in [2.45, 2.75) is 18.2 Å². The zero-order valence-corrected chi connectivity index (χ0v) is 10.2. The van der Waals surface area contributed by atoms with Crippen molar-refractivity contribution < 1.29 is 13.9 Å². The van der Waals surface area contributed by atoms with Crippen molar-refractivity contribution in [3.8, 4) is 0 Å². The minimum Gasteiger partial charge on any atom is -0.457 e. The molecule has 0 bridgehead atoms. The number of ether oxygens (including phenoxy) is 1. The Hall–Kier alpha value is -0.940. The van der Waals surface area contributed by atoms with Gasteiger partial charge in [-0.05, 0) is 30.3 Å². The number of nitrogen functional groups attached to an aromatic ring is 1. The molecule has 3 nitrogen and oxygen atoms in total. The zero-order valence-electron chi connectivity index (χ0n) is 8.63. The first-order valence-corrected chi connectivity index (χ1v) is 5.83. The number of anilines is 1. The van der Waals surface area contributed by atoms with Crippen LogP contribution in [0.15, 0.2) is 17.0 Å². The number of hydrogen-bond donors (Lipinski definition) is 1. The summed E-state index contributed by atoms with van der Waals surface area (Å²) in [6.07, 6.45) is 0.742. The molecule has 16 heavy (non-hydrogen) atoms. The molecule has 1 aromatic rings. The monoisotopic (exact) mass is 263 g/mol. The molecule has 1 rings (SSSR count). The Kier molecular flexibility index (Phi) is 4.89. The molecular formula is C10H11ClFNO2S. The maximum atomic E-state index is 13.0. The van der Waals surface area contributed by atoms with E-state index in [9.17, 15) is 9.18 Å². The fourth-order valence-electron chi connectivity index (χ4n) is 0.928. The summed E-state index contributed by atoms with van der Waals surface area (Å²) in [4.78, 5) is 11.7. The maximum Gasteiger partial charge on any atom is 0.372 e. The van der Waals surface area contributed by atoms with Crippen molar-refractivity contribution >= 4 is 34.4 Å². The first-order chi connectivity index (χ1) is 7.54. The zero-order chi connectivity index (χ0) is 12.1. The lowest BCUT2D eigenvalue weighted by Crippen LogP contribution is -1.99. The quantitative estimate of drug-likeness (QED) is 0.513. The van der Waals surface area contributed by atoms with Crippen LogP contribution in [0, 0.1) is 5.82 Å². The highest BCUT2D eigenvalue weighted by Gasteiger charge is 2.12. The van der Waals surface area contributed by atoms with Crippen LogP contribution in [0.4, 0.5) is 14.9 Å². The largest absolute Gasteiger partial charge is 0.457 e. The highest BCUT2D eigenvalue weighted by Crippen LogP contribution is 2.31. The van der Waals surface area contributed by atoms with Gasteiger partial charge < -0.3 is 10.5 Å². The van der Waals surface area contributed by atoms with E-state index in [1.807, 2.05) is 6.92 Å². The van der Waals surface area contributed by atoms with Crippen LogP contribution in [0.1, 0.15) is 13.3 Å². The number of thioether (sulfide) groups is 1. The fourth-order valence-corrected chi connectivity index (χ4v) is 1.86. The Labute approximate surface area is 102 Å². The van der Waals surface area contributed by atoms with Crippen molar-refractivity contribution in [3.05, 3.63) is 23.0 Å². The highest BCUT2D eigenvalue weighted by molar-refractivity contribution is 8.13. The molecule has 0 saturated heterocycles. The van der Waals surface area contributed by atoms with Crippen molar-refractivity contribution in [1.82, 2.24) is 0 Å². The average Bonchev–Trinajstić information content (AvgIpc) is 2.23. The molecule has 1 aromatic carbocycles. The van der Waals surface area contributed by atoms with Crippen LogP contribution in [0.2, 0.25) is 5.02 Å². The lowest BCUT2D eigenvalue weighted by atomic mass is 10.3. The van der Waals surface area contributed by atoms with Gasteiger partial charge in [0.15, 0.2) is 0 Å². The van der Waals surface area contributed by atoms with Crippen LogP contribution in [0.5, 0.6) is 0 Å². The first-order valence-electron chi connectivity index (χ1n) is 4.63. The molecule has 0 aliphatic rings. The molecule has 0 aromatic heterocycles. The van der Waals surface area contributed by atoms with Gasteiger partial charge in [-0.1, -0.05) is 18.5 Å². The second-order valence-electron chi connectivity index (χ2n) is 3.00. The molecular weight excluding hydrogens is 253 g/mol. The number of rotatable bonds is 3. The number of halogens is 2. The topological polar surface area (TPSA) is 52.3 Å². The lowest BCUT2D eigenvalue weighted by Gasteiger charge is -2.05. The molecule has 0 fully saturated rings. The summed E-state index contributed by atoms with van der Waals surface area (Å²) in [7, 11) is 0. The van der Waals surface area contributed by atoms with E-state index in [1.165, 1.54) is 6.07 Å². The Morgan fingerprint density at radius 2 is 2.31 bits per heavy atom. The molecule has 0 amide bonds. The van der Waals surface area contributed by atoms with Gasteiger partial charge in [0, 0.05) is 4.90 Å². The van der Waals surface area contributed by atoms with E-state index < -0.39 is 11.1 Å². The second-order valence-corrected chi connectivity index (χ2v) is 4.39. The third-order valence-corrected chi connectivity index (χ3v) is 2.94. The van der Waals surface area contributed by atoms with Gasteiger partial charge >= 0.3 is 5.30 Å². The van der Waals surface area contributed by atoms with Gasteiger partial charge in [-0.2, -0.15) is 0 Å². The van der Waals surface area contributed by atoms with Crippen LogP contribution in [-0.4, -0.2) is 11.9 Å². The molecule has 0 radical (unpaired) electrons. The summed E-state index contributed by atoms with van der Waals surface area (Å²) in [5.41, 5.74) is 5.32. The van der Waals surface area contributed by atoms with Gasteiger partial charge in [0.05, 0.1) is 17.3 Å². The van der Waals surface area contributed by atoms with E-state index in [4.69, 9.17) is 22.1 Å². The standard InChI is InChI=1S/C10H11ClFNO2S/c1-2-3-15-10(14)16-9-5-8(13)7(12)4-6(9)11/h4-5H,2-3,13H2,1H3. The third-order valence-electron chi connectivity index (χ3n) is 1.67. The molecule has 0 heterocycles. The number of hydrogen-bond acceptors (Lipinski definition) is 4. The molecule has 0 spiro atoms. The third kappa shape index (κ3) is 3.57. The number of benzene rings is 1. The Morgan fingerprint density at radius 3 is 2.94 bits per heavy atom. The van der Waals surface area contributed by atoms with Crippen LogP contribution < -0.4 is 5.73 Å². The predicted octanol–water partition coefficient (Wildman–Crippen LogP) is 3.70. The fraction of sp³-hybridized carbons (Fsp3) is 0.300. The Bertz CT molecular complexity index is 401. The number of carbonyl (C=O) groups excluding carboxylic acids is 1. The van der Waals surface area contributed by atoms with Gasteiger partial charge in [0.1, 0.15) is 5.82 Å². The SMILES string of the molecule is CCCOC(=O)Sc1cc(N)c(F)cc1Cl. The van der Waals surface area contributed by atoms with E-state index in [1.54, 1.807) is 0 Å². The van der Waals surface area contributed by atoms with Crippen LogP contribution in [0.3, 0.4) is 0 Å². The van der Waals surface area contributed by atoms with Crippen molar-refractivity contribution in [1.29, 1.82) is 0 Å². The molecule has 2 N–H and O–H groups in total. The molecule has 6 heteroatoms. The van der Waals surface area contributed by atoms with E-state index >= 15 is 0 Å². The number of nitrogens with two attached hydrogens (primary N) is 1. The summed E-state index contributed by atoms with van der Waals surface area (Å²) >= 11 is 6.55. The first kappa shape index (κ1) is 13.1. The van der Waals surface area contributed by atoms with Crippen LogP contribution in [0.25, 0.3) is 0 Å². The molecule has 0 aliphatic carbocycles. The average molecular weight is 264 g/mol. The molecule has 0 unspecified atom stereocenters. The summed E-state index contributed by atoms with van der Waals surface area (Å²) in [5, 5.41) is -0.333. The van der Waals surface area contributed by atoms with E-state index in [0.717, 1.165) is 24.2 Å². The van der Waals surface area contributed by atoms with Gasteiger partial charge in [-0.15, -0.1) is 0 Å². The summed E-state index contributed by atoms with van der Waals surface area (Å²) in [5.74, 6) is -0.601. The minimum atomic E-state index is -0.601. The van der Waals surface area contributed by atoms with Crippen molar-refractivity contribution in [2.75, 3.05) is 12.3 Å². The number of carbonyl (C=O) groups is 1. The van der Waals surface area contributed by atoms with Crippen LogP contribution in [-0.2, 0) is 4.74 Å². The van der Waals surface area contributed by atoms with E-state index in [2.05, 4.69) is 0 Å². The van der Waals surface area contributed by atoms with Gasteiger partial charge in [-0.3, -0.25) is 0 Å². The van der Waals surface area contributed by atoms with Crippen molar-refractivity contribution in [2.24, 2.45) is 0 Å². The molecule has 0 atom stereocenters. The Balaban J connectivity index is 2.73. The molecule has 0 aliphatic heterocycles. The van der Waals surface area contributed by atoms with E-state index in [0.29, 0.717) is 11.5 Å². The van der Waals surface area contributed by atoms with Gasteiger partial charge in [0.2, 0.25) is 0 Å². The predicted molar refractivity (Wildman–Crippen MR) is 63.3 cm³/mol. The highest BCUT2D eigenvalue weighted by atomic mass is 35.5. The Morgan fingerprint density at radius 1 is 1.62 bits per heavy atom. The van der Waals surface area contributed by atoms with E-state index in [-0.39, 0.29) is 10.7 Å². The second kappa shape index (κ2) is 5.96. The maximum absolute atomic E-state index is 13.0. The molecule has 88 valence electrons. The van der Waals surface area contributed by atoms with Gasteiger partial charge in [0.25, 0.3) is 0 Å². The normalized spacial score (nSPS) is 10.2. The van der Waals surface area contributed by atoms with Crippen molar-refractivity contribution in [3.63, 3.8) is 0 Å². The molecule has 0 saturated carbocycles. The van der Waals surface area contributed by atoms with Gasteiger partial charge in [-0.25, -0.2) is 9.18 Å². The smallest absolute Gasteiger partial charge is 0.372 e. The summed E-state index contributed by atoms with van der Waals surface area (Å²) < 4.78 is 17.8. The minimum absolute atomic E-state index is 0.0461. The summed E-state index contributed by atoms with van der Waals surface area (Å²) in [6.45, 7) is 2.24. The van der Waals surface area contributed by atoms with Crippen LogP contribution >= 0.6 is 23.4 Å². The lowest BCUT2D eigenvalue weighted by molar-refractivity contribution is 0.175.